The van der Waals surface area contributed by atoms with Gasteiger partial charge in [-0.05, 0) is 73.2 Å². The van der Waals surface area contributed by atoms with E-state index in [4.69, 9.17) is 0 Å². The van der Waals surface area contributed by atoms with Crippen molar-refractivity contribution in [3.8, 4) is 0 Å². The first-order chi connectivity index (χ1) is 13.0. The molecule has 0 aromatic heterocycles. The van der Waals surface area contributed by atoms with Crippen LogP contribution in [0.4, 0.5) is 8.78 Å². The Morgan fingerprint density at radius 3 is 2.11 bits per heavy atom. The average molecular weight is 372 g/mol. The highest BCUT2D eigenvalue weighted by atomic mass is 19.1. The van der Waals surface area contributed by atoms with Gasteiger partial charge in [-0.15, -0.1) is 0 Å². The van der Waals surface area contributed by atoms with Gasteiger partial charge in [0.05, 0.1) is 6.04 Å². The summed E-state index contributed by atoms with van der Waals surface area (Å²) in [5.41, 5.74) is 1.53. The number of halogens is 2. The second kappa shape index (κ2) is 9.09. The zero-order valence-electron chi connectivity index (χ0n) is 15.6. The summed E-state index contributed by atoms with van der Waals surface area (Å²) in [6.07, 6.45) is 2.72. The fraction of sp³-hybridized carbons (Fsp3) is 0.409. The first-order valence-corrected chi connectivity index (χ1v) is 9.54. The largest absolute Gasteiger partial charge is 0.345 e. The summed E-state index contributed by atoms with van der Waals surface area (Å²) in [5.74, 6) is 0.0638. The van der Waals surface area contributed by atoms with Gasteiger partial charge in [-0.3, -0.25) is 4.79 Å². The van der Waals surface area contributed by atoms with Crippen molar-refractivity contribution in [2.24, 2.45) is 11.8 Å². The van der Waals surface area contributed by atoms with E-state index in [-0.39, 0.29) is 23.5 Å². The normalized spacial score (nSPS) is 18.3. The van der Waals surface area contributed by atoms with Gasteiger partial charge in [-0.1, -0.05) is 31.2 Å². The van der Waals surface area contributed by atoms with Gasteiger partial charge in [0.25, 0.3) is 0 Å². The molecule has 1 aliphatic heterocycles. The summed E-state index contributed by atoms with van der Waals surface area (Å²) in [6.45, 7) is 4.11. The van der Waals surface area contributed by atoms with Crippen molar-refractivity contribution < 1.29 is 13.6 Å². The van der Waals surface area contributed by atoms with Crippen LogP contribution in [0.15, 0.2) is 48.5 Å². The summed E-state index contributed by atoms with van der Waals surface area (Å²) in [5, 5.41) is 6.44. The standard InChI is InChI=1S/C22H26F2N2O/c1-15(18-3-2-12-25-14-18)13-21(27)26-22(16-4-8-19(23)9-5-16)17-6-10-20(24)11-7-17/h4-11,15,18,22,25H,2-3,12-14H2,1H3,(H,26,27). The molecule has 1 heterocycles. The summed E-state index contributed by atoms with van der Waals surface area (Å²) in [4.78, 5) is 12.7. The SMILES string of the molecule is CC(CC(=O)NC(c1ccc(F)cc1)c1ccc(F)cc1)C1CCCNC1. The van der Waals surface area contributed by atoms with Crippen molar-refractivity contribution in [1.82, 2.24) is 10.6 Å². The minimum absolute atomic E-state index is 0.0493. The van der Waals surface area contributed by atoms with E-state index in [0.29, 0.717) is 12.3 Å². The molecule has 2 aromatic rings. The number of amides is 1. The monoisotopic (exact) mass is 372 g/mol. The van der Waals surface area contributed by atoms with E-state index in [2.05, 4.69) is 17.6 Å². The molecule has 1 amide bonds. The van der Waals surface area contributed by atoms with E-state index in [1.807, 2.05) is 0 Å². The summed E-state index contributed by atoms with van der Waals surface area (Å²) in [6, 6.07) is 11.6. The smallest absolute Gasteiger partial charge is 0.221 e. The van der Waals surface area contributed by atoms with Crippen molar-refractivity contribution >= 4 is 5.91 Å². The Morgan fingerprint density at radius 2 is 1.63 bits per heavy atom. The third-order valence-corrected chi connectivity index (χ3v) is 5.36. The maximum Gasteiger partial charge on any atom is 0.221 e. The van der Waals surface area contributed by atoms with Crippen LogP contribution in [0.1, 0.15) is 43.4 Å². The molecule has 2 aromatic carbocycles. The first-order valence-electron chi connectivity index (χ1n) is 9.54. The molecule has 0 saturated carbocycles. The van der Waals surface area contributed by atoms with Gasteiger partial charge in [-0.2, -0.15) is 0 Å². The highest BCUT2D eigenvalue weighted by Gasteiger charge is 2.24. The van der Waals surface area contributed by atoms with Crippen LogP contribution in [-0.2, 0) is 4.79 Å². The van der Waals surface area contributed by atoms with Crippen LogP contribution in [0, 0.1) is 23.5 Å². The van der Waals surface area contributed by atoms with Crippen LogP contribution in [0.3, 0.4) is 0 Å². The molecular weight excluding hydrogens is 346 g/mol. The Hall–Kier alpha value is -2.27. The quantitative estimate of drug-likeness (QED) is 0.798. The average Bonchev–Trinajstić information content (AvgIpc) is 2.68. The topological polar surface area (TPSA) is 41.1 Å². The van der Waals surface area contributed by atoms with E-state index < -0.39 is 6.04 Å². The van der Waals surface area contributed by atoms with Crippen LogP contribution in [0.2, 0.25) is 0 Å². The molecule has 5 heteroatoms. The Kier molecular flexibility index (Phi) is 6.56. The Labute approximate surface area is 159 Å². The lowest BCUT2D eigenvalue weighted by Gasteiger charge is -2.28. The molecule has 144 valence electrons. The minimum Gasteiger partial charge on any atom is -0.345 e. The van der Waals surface area contributed by atoms with Gasteiger partial charge in [0.15, 0.2) is 0 Å². The molecule has 0 aliphatic carbocycles. The summed E-state index contributed by atoms with van der Waals surface area (Å²) >= 11 is 0. The van der Waals surface area contributed by atoms with Crippen LogP contribution in [0.5, 0.6) is 0 Å². The van der Waals surface area contributed by atoms with Crippen molar-refractivity contribution in [1.29, 1.82) is 0 Å². The fourth-order valence-corrected chi connectivity index (χ4v) is 3.71. The Bertz CT molecular complexity index is 694. The summed E-state index contributed by atoms with van der Waals surface area (Å²) in [7, 11) is 0. The maximum atomic E-state index is 13.3. The van der Waals surface area contributed by atoms with Crippen molar-refractivity contribution in [3.05, 3.63) is 71.3 Å². The van der Waals surface area contributed by atoms with Crippen LogP contribution in [0.25, 0.3) is 0 Å². The zero-order valence-corrected chi connectivity index (χ0v) is 15.6. The Morgan fingerprint density at radius 1 is 1.07 bits per heavy atom. The lowest BCUT2D eigenvalue weighted by molar-refractivity contribution is -0.122. The third kappa shape index (κ3) is 5.36. The molecule has 2 atom stereocenters. The van der Waals surface area contributed by atoms with Crippen molar-refractivity contribution in [2.45, 2.75) is 32.2 Å². The molecule has 0 bridgehead atoms. The van der Waals surface area contributed by atoms with E-state index in [1.54, 1.807) is 24.3 Å². The molecule has 1 saturated heterocycles. The highest BCUT2D eigenvalue weighted by molar-refractivity contribution is 5.77. The molecule has 1 aliphatic rings. The van der Waals surface area contributed by atoms with Crippen molar-refractivity contribution in [2.75, 3.05) is 13.1 Å². The lowest BCUT2D eigenvalue weighted by atomic mass is 9.85. The number of benzene rings is 2. The van der Waals surface area contributed by atoms with E-state index in [9.17, 15) is 13.6 Å². The minimum atomic E-state index is -0.435. The number of nitrogens with one attached hydrogen (secondary N) is 2. The van der Waals surface area contributed by atoms with Gasteiger partial charge in [0.1, 0.15) is 11.6 Å². The van der Waals surface area contributed by atoms with Gasteiger partial charge >= 0.3 is 0 Å². The van der Waals surface area contributed by atoms with Gasteiger partial charge in [0, 0.05) is 6.42 Å². The highest BCUT2D eigenvalue weighted by Crippen LogP contribution is 2.25. The maximum absolute atomic E-state index is 13.3. The molecule has 3 rings (SSSR count). The molecular formula is C22H26F2N2O. The predicted octanol–water partition coefficient (Wildman–Crippen LogP) is 4.20. The molecule has 2 unspecified atom stereocenters. The number of piperidine rings is 1. The fourth-order valence-electron chi connectivity index (χ4n) is 3.71. The zero-order chi connectivity index (χ0) is 19.2. The number of carbonyl (C=O) groups excluding carboxylic acids is 1. The van der Waals surface area contributed by atoms with E-state index in [0.717, 1.165) is 37.1 Å². The molecule has 3 nitrogen and oxygen atoms in total. The van der Waals surface area contributed by atoms with Gasteiger partial charge < -0.3 is 10.6 Å². The van der Waals surface area contributed by atoms with Crippen LogP contribution < -0.4 is 10.6 Å². The lowest BCUT2D eigenvalue weighted by Crippen LogP contribution is -2.36. The second-order valence-corrected chi connectivity index (χ2v) is 7.39. The summed E-state index contributed by atoms with van der Waals surface area (Å²) < 4.78 is 26.6. The van der Waals surface area contributed by atoms with Gasteiger partial charge in [-0.25, -0.2) is 8.78 Å². The number of carbonyl (C=O) groups is 1. The molecule has 2 N–H and O–H groups in total. The van der Waals surface area contributed by atoms with Crippen LogP contribution >= 0.6 is 0 Å². The van der Waals surface area contributed by atoms with E-state index >= 15 is 0 Å². The number of hydrogen-bond acceptors (Lipinski definition) is 2. The predicted molar refractivity (Wildman–Crippen MR) is 102 cm³/mol. The Balaban J connectivity index is 1.73. The molecule has 27 heavy (non-hydrogen) atoms. The molecule has 0 radical (unpaired) electrons. The van der Waals surface area contributed by atoms with E-state index in [1.165, 1.54) is 24.3 Å². The van der Waals surface area contributed by atoms with Gasteiger partial charge in [0.2, 0.25) is 5.91 Å². The third-order valence-electron chi connectivity index (χ3n) is 5.36. The first kappa shape index (κ1) is 19.5. The second-order valence-electron chi connectivity index (χ2n) is 7.39. The number of rotatable bonds is 6. The molecule has 0 spiro atoms. The number of hydrogen-bond donors (Lipinski definition) is 2. The van der Waals surface area contributed by atoms with Crippen molar-refractivity contribution in [3.63, 3.8) is 0 Å². The molecule has 1 fully saturated rings. The van der Waals surface area contributed by atoms with Crippen LogP contribution in [-0.4, -0.2) is 19.0 Å².